The molecule has 5 nitrogen and oxygen atoms in total. The van der Waals surface area contributed by atoms with Crippen LogP contribution in [-0.4, -0.2) is 34.0 Å². The molecule has 0 saturated carbocycles. The largest absolute Gasteiger partial charge is 0.494 e. The van der Waals surface area contributed by atoms with Gasteiger partial charge < -0.3 is 4.74 Å². The van der Waals surface area contributed by atoms with Gasteiger partial charge in [-0.05, 0) is 32.2 Å². The molecule has 5 heteroatoms. The summed E-state index contributed by atoms with van der Waals surface area (Å²) >= 11 is 0. The van der Waals surface area contributed by atoms with Crippen LogP contribution in [0.3, 0.4) is 0 Å². The van der Waals surface area contributed by atoms with Gasteiger partial charge in [-0.15, -0.1) is 0 Å². The number of methoxy groups -OCH3 is 1. The Bertz CT molecular complexity index is 791. The van der Waals surface area contributed by atoms with E-state index in [0.29, 0.717) is 0 Å². The zero-order valence-corrected chi connectivity index (χ0v) is 13.6. The van der Waals surface area contributed by atoms with E-state index in [9.17, 15) is 0 Å². The standard InChI is InChI=1S/C18H20N4O/c1-13(16-9-10-19-12-20-16)22(2)11-15-8-7-14-5-4-6-17(23-3)18(14)21-15/h4-10,12-13H,11H2,1-3H3. The van der Waals surface area contributed by atoms with E-state index in [-0.39, 0.29) is 6.04 Å². The molecule has 118 valence electrons. The summed E-state index contributed by atoms with van der Waals surface area (Å²) in [7, 11) is 3.74. The molecule has 2 aromatic heterocycles. The highest BCUT2D eigenvalue weighted by atomic mass is 16.5. The first-order valence-electron chi connectivity index (χ1n) is 7.58. The molecule has 1 atom stereocenters. The number of para-hydroxylation sites is 1. The third-order valence-corrected chi connectivity index (χ3v) is 4.07. The van der Waals surface area contributed by atoms with Crippen LogP contribution in [0.4, 0.5) is 0 Å². The molecule has 0 bridgehead atoms. The molecule has 2 heterocycles. The Labute approximate surface area is 136 Å². The summed E-state index contributed by atoms with van der Waals surface area (Å²) < 4.78 is 5.41. The molecule has 0 radical (unpaired) electrons. The Morgan fingerprint density at radius 3 is 2.78 bits per heavy atom. The third kappa shape index (κ3) is 3.29. The molecule has 0 aliphatic heterocycles. The lowest BCUT2D eigenvalue weighted by molar-refractivity contribution is 0.246. The van der Waals surface area contributed by atoms with E-state index >= 15 is 0 Å². The second-order valence-corrected chi connectivity index (χ2v) is 5.56. The van der Waals surface area contributed by atoms with Gasteiger partial charge in [0, 0.05) is 24.2 Å². The Kier molecular flexibility index (Phi) is 4.48. The maximum atomic E-state index is 5.41. The first-order valence-corrected chi connectivity index (χ1v) is 7.58. The Hall–Kier alpha value is -2.53. The molecular formula is C18H20N4O. The molecule has 23 heavy (non-hydrogen) atoms. The predicted molar refractivity (Wildman–Crippen MR) is 90.2 cm³/mol. The van der Waals surface area contributed by atoms with Gasteiger partial charge >= 0.3 is 0 Å². The average molecular weight is 308 g/mol. The molecule has 0 saturated heterocycles. The fraction of sp³-hybridized carbons (Fsp3) is 0.278. The molecule has 1 unspecified atom stereocenters. The van der Waals surface area contributed by atoms with Crippen molar-refractivity contribution in [2.45, 2.75) is 19.5 Å². The topological polar surface area (TPSA) is 51.1 Å². The summed E-state index contributed by atoms with van der Waals surface area (Å²) in [6, 6.07) is 12.2. The minimum absolute atomic E-state index is 0.188. The van der Waals surface area contributed by atoms with Crippen LogP contribution in [0.2, 0.25) is 0 Å². The smallest absolute Gasteiger partial charge is 0.145 e. The molecule has 0 aliphatic carbocycles. The summed E-state index contributed by atoms with van der Waals surface area (Å²) in [5, 5.41) is 1.08. The van der Waals surface area contributed by atoms with Crippen LogP contribution < -0.4 is 4.74 Å². The van der Waals surface area contributed by atoms with Crippen molar-refractivity contribution >= 4 is 10.9 Å². The summed E-state index contributed by atoms with van der Waals surface area (Å²) in [5.74, 6) is 0.802. The van der Waals surface area contributed by atoms with Crippen molar-refractivity contribution in [2.24, 2.45) is 0 Å². The van der Waals surface area contributed by atoms with E-state index in [1.165, 1.54) is 0 Å². The Morgan fingerprint density at radius 1 is 1.17 bits per heavy atom. The molecule has 0 spiro atoms. The fourth-order valence-corrected chi connectivity index (χ4v) is 2.58. The molecule has 0 fully saturated rings. The maximum absolute atomic E-state index is 5.41. The highest BCUT2D eigenvalue weighted by molar-refractivity contribution is 5.84. The van der Waals surface area contributed by atoms with E-state index in [4.69, 9.17) is 9.72 Å². The fourth-order valence-electron chi connectivity index (χ4n) is 2.58. The van der Waals surface area contributed by atoms with E-state index in [0.717, 1.165) is 34.6 Å². The van der Waals surface area contributed by atoms with E-state index in [1.807, 2.05) is 24.3 Å². The van der Waals surface area contributed by atoms with Gasteiger partial charge in [-0.25, -0.2) is 15.0 Å². The van der Waals surface area contributed by atoms with Gasteiger partial charge in [0.25, 0.3) is 0 Å². The van der Waals surface area contributed by atoms with E-state index < -0.39 is 0 Å². The van der Waals surface area contributed by atoms with Gasteiger partial charge in [-0.3, -0.25) is 4.90 Å². The minimum Gasteiger partial charge on any atom is -0.494 e. The molecule has 1 aromatic carbocycles. The van der Waals surface area contributed by atoms with Crippen molar-refractivity contribution < 1.29 is 4.74 Å². The summed E-state index contributed by atoms with van der Waals surface area (Å²) in [5.41, 5.74) is 2.90. The normalized spacial score (nSPS) is 12.5. The monoisotopic (exact) mass is 308 g/mol. The first-order chi connectivity index (χ1) is 11.2. The number of nitrogens with zero attached hydrogens (tertiary/aromatic N) is 4. The highest BCUT2D eigenvalue weighted by Crippen LogP contribution is 2.24. The van der Waals surface area contributed by atoms with Gasteiger partial charge in [0.1, 0.15) is 17.6 Å². The number of aromatic nitrogens is 3. The number of fused-ring (bicyclic) bond motifs is 1. The van der Waals surface area contributed by atoms with Crippen molar-refractivity contribution in [3.8, 4) is 5.75 Å². The number of hydrogen-bond donors (Lipinski definition) is 0. The molecule has 0 N–H and O–H groups in total. The molecular weight excluding hydrogens is 288 g/mol. The van der Waals surface area contributed by atoms with E-state index in [1.54, 1.807) is 19.6 Å². The maximum Gasteiger partial charge on any atom is 0.145 e. The van der Waals surface area contributed by atoms with Crippen molar-refractivity contribution in [1.29, 1.82) is 0 Å². The third-order valence-electron chi connectivity index (χ3n) is 4.07. The zero-order chi connectivity index (χ0) is 16.2. The lowest BCUT2D eigenvalue weighted by Gasteiger charge is -2.23. The van der Waals surface area contributed by atoms with Crippen LogP contribution >= 0.6 is 0 Å². The van der Waals surface area contributed by atoms with Crippen molar-refractivity contribution in [3.63, 3.8) is 0 Å². The minimum atomic E-state index is 0.188. The second kappa shape index (κ2) is 6.71. The number of hydrogen-bond acceptors (Lipinski definition) is 5. The van der Waals surface area contributed by atoms with Gasteiger partial charge in [0.15, 0.2) is 0 Å². The Balaban J connectivity index is 1.83. The van der Waals surface area contributed by atoms with Crippen LogP contribution in [0.1, 0.15) is 24.4 Å². The van der Waals surface area contributed by atoms with Crippen molar-refractivity contribution in [2.75, 3.05) is 14.2 Å². The summed E-state index contributed by atoms with van der Waals surface area (Å²) in [6.45, 7) is 2.86. The molecule has 0 amide bonds. The van der Waals surface area contributed by atoms with Gasteiger partial charge in [-0.1, -0.05) is 18.2 Å². The number of benzene rings is 1. The molecule has 3 rings (SSSR count). The average Bonchev–Trinajstić information content (AvgIpc) is 2.61. The van der Waals surface area contributed by atoms with E-state index in [2.05, 4.69) is 41.0 Å². The van der Waals surface area contributed by atoms with Crippen LogP contribution in [0.15, 0.2) is 48.9 Å². The van der Waals surface area contributed by atoms with Crippen LogP contribution in [0.25, 0.3) is 10.9 Å². The number of ether oxygens (including phenoxy) is 1. The van der Waals surface area contributed by atoms with Gasteiger partial charge in [0.2, 0.25) is 0 Å². The molecule has 0 aliphatic rings. The van der Waals surface area contributed by atoms with Gasteiger partial charge in [-0.2, -0.15) is 0 Å². The number of rotatable bonds is 5. The summed E-state index contributed by atoms with van der Waals surface area (Å²) in [4.78, 5) is 15.3. The SMILES string of the molecule is COc1cccc2ccc(CN(C)C(C)c3ccncn3)nc12. The van der Waals surface area contributed by atoms with Crippen molar-refractivity contribution in [1.82, 2.24) is 19.9 Å². The summed E-state index contributed by atoms with van der Waals surface area (Å²) in [6.07, 6.45) is 3.35. The van der Waals surface area contributed by atoms with Crippen LogP contribution in [0.5, 0.6) is 5.75 Å². The first kappa shape index (κ1) is 15.4. The quantitative estimate of drug-likeness (QED) is 0.724. The van der Waals surface area contributed by atoms with Crippen molar-refractivity contribution in [3.05, 3.63) is 60.3 Å². The lowest BCUT2D eigenvalue weighted by atomic mass is 10.1. The van der Waals surface area contributed by atoms with Crippen LogP contribution in [-0.2, 0) is 6.54 Å². The highest BCUT2D eigenvalue weighted by Gasteiger charge is 2.14. The predicted octanol–water partition coefficient (Wildman–Crippen LogP) is 3.23. The number of pyridine rings is 1. The lowest BCUT2D eigenvalue weighted by Crippen LogP contribution is -2.23. The zero-order valence-electron chi connectivity index (χ0n) is 13.6. The van der Waals surface area contributed by atoms with Crippen LogP contribution in [0, 0.1) is 0 Å². The Morgan fingerprint density at radius 2 is 2.04 bits per heavy atom. The van der Waals surface area contributed by atoms with Gasteiger partial charge in [0.05, 0.1) is 18.5 Å². The molecule has 3 aromatic rings. The second-order valence-electron chi connectivity index (χ2n) is 5.56.